The molecule has 1 unspecified atom stereocenters. The smallest absolute Gasteiger partial charge is 0.251 e. The Morgan fingerprint density at radius 2 is 1.80 bits per heavy atom. The van der Waals surface area contributed by atoms with Crippen LogP contribution in [0.2, 0.25) is 0 Å². The third-order valence-corrected chi connectivity index (χ3v) is 4.05. The number of nitrogens with one attached hydrogen (secondary N) is 1. The number of carbonyl (C=O) groups is 1. The molecule has 6 nitrogen and oxygen atoms in total. The van der Waals surface area contributed by atoms with Crippen molar-refractivity contribution in [3.8, 4) is 11.5 Å². The van der Waals surface area contributed by atoms with Gasteiger partial charge < -0.3 is 24.8 Å². The monoisotopic (exact) mass is 342 g/mol. The number of carbonyl (C=O) groups excluding carboxylic acids is 1. The molecule has 1 aliphatic heterocycles. The van der Waals surface area contributed by atoms with Crippen LogP contribution in [0.1, 0.15) is 22.0 Å². The lowest BCUT2D eigenvalue weighted by molar-refractivity contribution is 0.0916. The molecule has 0 aliphatic carbocycles. The highest BCUT2D eigenvalue weighted by Gasteiger charge is 2.16. The lowest BCUT2D eigenvalue weighted by atomic mass is 10.1. The van der Waals surface area contributed by atoms with Crippen LogP contribution in [0.3, 0.4) is 0 Å². The highest BCUT2D eigenvalue weighted by Crippen LogP contribution is 2.32. The Kier molecular flexibility index (Phi) is 5.09. The number of hydrogen-bond donors (Lipinski definition) is 2. The second-order valence-corrected chi connectivity index (χ2v) is 6.07. The summed E-state index contributed by atoms with van der Waals surface area (Å²) < 4.78 is 11.0. The first-order valence-electron chi connectivity index (χ1n) is 8.18. The van der Waals surface area contributed by atoms with E-state index in [0.29, 0.717) is 35.8 Å². The van der Waals surface area contributed by atoms with Gasteiger partial charge in [0, 0.05) is 31.9 Å². The number of amides is 1. The number of aliphatic hydroxyl groups is 1. The third kappa shape index (κ3) is 4.03. The molecule has 1 amide bonds. The van der Waals surface area contributed by atoms with Crippen LogP contribution in [0.15, 0.2) is 42.5 Å². The molecule has 0 radical (unpaired) electrons. The standard InChI is InChI=1S/C19H22N2O4/c1-21(2)15-6-3-13(4-7-15)19(23)20-12-16(22)14-5-8-17-18(11-14)25-10-9-24-17/h3-8,11,16,22H,9-10,12H2,1-2H3,(H,20,23). The maximum atomic E-state index is 12.2. The minimum absolute atomic E-state index is 0.119. The second kappa shape index (κ2) is 7.44. The van der Waals surface area contributed by atoms with Gasteiger partial charge in [0.05, 0.1) is 6.10 Å². The number of hydrogen-bond acceptors (Lipinski definition) is 5. The van der Waals surface area contributed by atoms with Gasteiger partial charge in [0.1, 0.15) is 13.2 Å². The zero-order valence-corrected chi connectivity index (χ0v) is 14.4. The van der Waals surface area contributed by atoms with Crippen LogP contribution in [0.4, 0.5) is 5.69 Å². The molecule has 1 aliphatic rings. The molecule has 132 valence electrons. The maximum Gasteiger partial charge on any atom is 0.251 e. The van der Waals surface area contributed by atoms with Crippen molar-refractivity contribution in [1.29, 1.82) is 0 Å². The van der Waals surface area contributed by atoms with Crippen molar-refractivity contribution in [2.75, 3.05) is 38.8 Å². The molecule has 0 fully saturated rings. The van der Waals surface area contributed by atoms with Crippen molar-refractivity contribution in [3.63, 3.8) is 0 Å². The van der Waals surface area contributed by atoms with Crippen LogP contribution in [-0.4, -0.2) is 44.9 Å². The highest BCUT2D eigenvalue weighted by atomic mass is 16.6. The van der Waals surface area contributed by atoms with E-state index in [1.807, 2.05) is 31.1 Å². The van der Waals surface area contributed by atoms with Gasteiger partial charge in [-0.05, 0) is 42.0 Å². The normalized spacial score (nSPS) is 13.9. The molecule has 1 heterocycles. The predicted octanol–water partition coefficient (Wildman–Crippen LogP) is 1.99. The molecule has 0 aromatic heterocycles. The lowest BCUT2D eigenvalue weighted by Crippen LogP contribution is -2.28. The van der Waals surface area contributed by atoms with Crippen molar-refractivity contribution < 1.29 is 19.4 Å². The summed E-state index contributed by atoms with van der Waals surface area (Å²) in [6, 6.07) is 12.6. The molecule has 3 rings (SSSR count). The quantitative estimate of drug-likeness (QED) is 0.869. The van der Waals surface area contributed by atoms with E-state index in [-0.39, 0.29) is 12.5 Å². The van der Waals surface area contributed by atoms with Gasteiger partial charge >= 0.3 is 0 Å². The van der Waals surface area contributed by atoms with Gasteiger partial charge in [0.15, 0.2) is 11.5 Å². The Morgan fingerprint density at radius 1 is 1.12 bits per heavy atom. The first kappa shape index (κ1) is 17.1. The number of aliphatic hydroxyl groups excluding tert-OH is 1. The van der Waals surface area contributed by atoms with Gasteiger partial charge in [0.2, 0.25) is 0 Å². The molecule has 1 atom stereocenters. The summed E-state index contributed by atoms with van der Waals surface area (Å²) in [7, 11) is 3.89. The summed E-state index contributed by atoms with van der Waals surface area (Å²) >= 11 is 0. The number of rotatable bonds is 5. The molecular weight excluding hydrogens is 320 g/mol. The predicted molar refractivity (Wildman–Crippen MR) is 95.5 cm³/mol. The Labute approximate surface area is 147 Å². The highest BCUT2D eigenvalue weighted by molar-refractivity contribution is 5.94. The van der Waals surface area contributed by atoms with Crippen molar-refractivity contribution in [3.05, 3.63) is 53.6 Å². The van der Waals surface area contributed by atoms with Gasteiger partial charge in [-0.15, -0.1) is 0 Å². The molecule has 2 N–H and O–H groups in total. The summed E-state index contributed by atoms with van der Waals surface area (Å²) in [6.45, 7) is 1.14. The molecule has 25 heavy (non-hydrogen) atoms. The SMILES string of the molecule is CN(C)c1ccc(C(=O)NCC(O)c2ccc3c(c2)OCCO3)cc1. The topological polar surface area (TPSA) is 71.0 Å². The van der Waals surface area contributed by atoms with E-state index in [0.717, 1.165) is 5.69 Å². The van der Waals surface area contributed by atoms with Crippen LogP contribution in [0, 0.1) is 0 Å². The third-order valence-electron chi connectivity index (χ3n) is 4.05. The van der Waals surface area contributed by atoms with Crippen molar-refractivity contribution in [2.45, 2.75) is 6.10 Å². The summed E-state index contributed by atoms with van der Waals surface area (Å²) in [5, 5.41) is 13.1. The summed E-state index contributed by atoms with van der Waals surface area (Å²) in [4.78, 5) is 14.2. The van der Waals surface area contributed by atoms with E-state index in [2.05, 4.69) is 5.32 Å². The molecular formula is C19H22N2O4. The fourth-order valence-corrected chi connectivity index (χ4v) is 2.59. The first-order chi connectivity index (χ1) is 12.0. The van der Waals surface area contributed by atoms with Crippen LogP contribution >= 0.6 is 0 Å². The van der Waals surface area contributed by atoms with Crippen LogP contribution in [-0.2, 0) is 0 Å². The largest absolute Gasteiger partial charge is 0.486 e. The molecule has 2 aromatic rings. The minimum Gasteiger partial charge on any atom is -0.486 e. The van der Waals surface area contributed by atoms with Gasteiger partial charge in [-0.1, -0.05) is 6.07 Å². The first-order valence-corrected chi connectivity index (χ1v) is 8.18. The Morgan fingerprint density at radius 3 is 2.48 bits per heavy atom. The minimum atomic E-state index is -0.819. The summed E-state index contributed by atoms with van der Waals surface area (Å²) in [5.74, 6) is 1.07. The average molecular weight is 342 g/mol. The fourth-order valence-electron chi connectivity index (χ4n) is 2.59. The number of benzene rings is 2. The Bertz CT molecular complexity index is 744. The fraction of sp³-hybridized carbons (Fsp3) is 0.316. The van der Waals surface area contributed by atoms with Crippen LogP contribution < -0.4 is 19.7 Å². The number of fused-ring (bicyclic) bond motifs is 1. The van der Waals surface area contributed by atoms with E-state index in [1.165, 1.54) is 0 Å². The average Bonchev–Trinajstić information content (AvgIpc) is 2.65. The van der Waals surface area contributed by atoms with E-state index in [1.54, 1.807) is 30.3 Å². The number of ether oxygens (including phenoxy) is 2. The van der Waals surface area contributed by atoms with Crippen LogP contribution in [0.25, 0.3) is 0 Å². The zero-order valence-electron chi connectivity index (χ0n) is 14.4. The molecule has 0 saturated heterocycles. The van der Waals surface area contributed by atoms with E-state index < -0.39 is 6.10 Å². The maximum absolute atomic E-state index is 12.2. The summed E-state index contributed by atoms with van der Waals surface area (Å²) in [6.07, 6.45) is -0.819. The van der Waals surface area contributed by atoms with E-state index in [9.17, 15) is 9.90 Å². The number of anilines is 1. The van der Waals surface area contributed by atoms with Gasteiger partial charge in [0.25, 0.3) is 5.91 Å². The molecule has 0 spiro atoms. The molecule has 0 saturated carbocycles. The second-order valence-electron chi connectivity index (χ2n) is 6.07. The Balaban J connectivity index is 1.59. The molecule has 2 aromatic carbocycles. The van der Waals surface area contributed by atoms with Crippen molar-refractivity contribution in [1.82, 2.24) is 5.32 Å². The van der Waals surface area contributed by atoms with Crippen molar-refractivity contribution >= 4 is 11.6 Å². The van der Waals surface area contributed by atoms with Gasteiger partial charge in [-0.2, -0.15) is 0 Å². The van der Waals surface area contributed by atoms with E-state index in [4.69, 9.17) is 9.47 Å². The summed E-state index contributed by atoms with van der Waals surface area (Å²) in [5.41, 5.74) is 2.25. The molecule has 6 heteroatoms. The van der Waals surface area contributed by atoms with Crippen molar-refractivity contribution in [2.24, 2.45) is 0 Å². The van der Waals surface area contributed by atoms with Gasteiger partial charge in [-0.3, -0.25) is 4.79 Å². The van der Waals surface area contributed by atoms with Gasteiger partial charge in [-0.25, -0.2) is 0 Å². The zero-order chi connectivity index (χ0) is 17.8. The Hall–Kier alpha value is -2.73. The van der Waals surface area contributed by atoms with Crippen LogP contribution in [0.5, 0.6) is 11.5 Å². The molecule has 0 bridgehead atoms. The lowest BCUT2D eigenvalue weighted by Gasteiger charge is -2.20. The number of nitrogens with zero attached hydrogens (tertiary/aromatic N) is 1. The van der Waals surface area contributed by atoms with E-state index >= 15 is 0 Å².